The van der Waals surface area contributed by atoms with E-state index < -0.39 is 5.97 Å². The van der Waals surface area contributed by atoms with Crippen LogP contribution in [0.4, 0.5) is 5.82 Å². The Labute approximate surface area is 135 Å². The fraction of sp³-hybridized carbons (Fsp3) is 0.471. The van der Waals surface area contributed by atoms with Crippen LogP contribution in [0.2, 0.25) is 0 Å². The predicted octanol–water partition coefficient (Wildman–Crippen LogP) is 2.99. The standard InChI is InChI=1S/C17H22N4O2/c1-3-23-17(22)14-15(12-8-4-5-9-12)20-21(16(14)18)13-10-6-7-11(2)19-13/h6-7,10,12H,3-5,8-9,18H2,1-2H3. The predicted molar refractivity (Wildman–Crippen MR) is 87.7 cm³/mol. The highest BCUT2D eigenvalue weighted by Gasteiger charge is 2.30. The highest BCUT2D eigenvalue weighted by Crippen LogP contribution is 2.37. The Morgan fingerprint density at radius 1 is 1.39 bits per heavy atom. The molecule has 0 amide bonds. The number of anilines is 1. The fourth-order valence-corrected chi connectivity index (χ4v) is 3.17. The van der Waals surface area contributed by atoms with Crippen molar-refractivity contribution < 1.29 is 9.53 Å². The monoisotopic (exact) mass is 314 g/mol. The molecule has 2 aromatic rings. The molecule has 1 fully saturated rings. The molecule has 0 unspecified atom stereocenters. The molecule has 0 aliphatic heterocycles. The molecule has 1 aliphatic carbocycles. The number of hydrogen-bond donors (Lipinski definition) is 1. The summed E-state index contributed by atoms with van der Waals surface area (Å²) >= 11 is 0. The maximum atomic E-state index is 12.4. The van der Waals surface area contributed by atoms with Gasteiger partial charge in [-0.1, -0.05) is 18.9 Å². The van der Waals surface area contributed by atoms with Crippen molar-refractivity contribution in [2.24, 2.45) is 0 Å². The number of nitrogens with zero attached hydrogens (tertiary/aromatic N) is 3. The first-order chi connectivity index (χ1) is 11.1. The lowest BCUT2D eigenvalue weighted by atomic mass is 10.00. The molecule has 1 saturated carbocycles. The van der Waals surface area contributed by atoms with Gasteiger partial charge in [-0.05, 0) is 38.8 Å². The van der Waals surface area contributed by atoms with E-state index >= 15 is 0 Å². The van der Waals surface area contributed by atoms with Crippen LogP contribution in [0.3, 0.4) is 0 Å². The first-order valence-electron chi connectivity index (χ1n) is 8.11. The number of pyridine rings is 1. The van der Waals surface area contributed by atoms with E-state index in [0.717, 1.165) is 37.1 Å². The minimum Gasteiger partial charge on any atom is -0.462 e. The van der Waals surface area contributed by atoms with Crippen molar-refractivity contribution in [3.63, 3.8) is 0 Å². The molecule has 0 atom stereocenters. The molecule has 3 rings (SSSR count). The van der Waals surface area contributed by atoms with Crippen LogP contribution in [0.5, 0.6) is 0 Å². The number of ether oxygens (including phenoxy) is 1. The molecule has 2 aromatic heterocycles. The molecule has 6 nitrogen and oxygen atoms in total. The fourth-order valence-electron chi connectivity index (χ4n) is 3.17. The van der Waals surface area contributed by atoms with Crippen LogP contribution in [-0.4, -0.2) is 27.3 Å². The summed E-state index contributed by atoms with van der Waals surface area (Å²) in [5, 5.41) is 4.63. The van der Waals surface area contributed by atoms with Crippen molar-refractivity contribution in [3.05, 3.63) is 35.2 Å². The van der Waals surface area contributed by atoms with Crippen LogP contribution < -0.4 is 5.73 Å². The van der Waals surface area contributed by atoms with Gasteiger partial charge in [-0.3, -0.25) is 0 Å². The Balaban J connectivity index is 2.11. The third-order valence-electron chi connectivity index (χ3n) is 4.26. The Kier molecular flexibility index (Phi) is 4.32. The van der Waals surface area contributed by atoms with E-state index in [4.69, 9.17) is 10.5 Å². The van der Waals surface area contributed by atoms with Gasteiger partial charge in [-0.2, -0.15) is 9.78 Å². The zero-order valence-corrected chi connectivity index (χ0v) is 13.6. The van der Waals surface area contributed by atoms with Gasteiger partial charge in [0.25, 0.3) is 0 Å². The molecule has 6 heteroatoms. The molecule has 0 aromatic carbocycles. The second kappa shape index (κ2) is 6.40. The van der Waals surface area contributed by atoms with Crippen LogP contribution in [-0.2, 0) is 4.74 Å². The molecule has 2 heterocycles. The number of rotatable bonds is 4. The molecule has 2 N–H and O–H groups in total. The third kappa shape index (κ3) is 2.93. The number of carbonyl (C=O) groups is 1. The molecule has 0 saturated heterocycles. The van der Waals surface area contributed by atoms with Gasteiger partial charge in [0.1, 0.15) is 11.4 Å². The lowest BCUT2D eigenvalue weighted by Crippen LogP contribution is -2.11. The van der Waals surface area contributed by atoms with Gasteiger partial charge in [0.2, 0.25) is 0 Å². The van der Waals surface area contributed by atoms with Crippen molar-refractivity contribution >= 4 is 11.8 Å². The van der Waals surface area contributed by atoms with Gasteiger partial charge in [0.05, 0.1) is 12.3 Å². The molecule has 1 aliphatic rings. The van der Waals surface area contributed by atoms with Crippen LogP contribution >= 0.6 is 0 Å². The highest BCUT2D eigenvalue weighted by atomic mass is 16.5. The van der Waals surface area contributed by atoms with Crippen molar-refractivity contribution in [2.45, 2.75) is 45.4 Å². The molecule has 0 radical (unpaired) electrons. The van der Waals surface area contributed by atoms with E-state index in [0.29, 0.717) is 23.8 Å². The Bertz CT molecular complexity index is 717. The molecule has 0 spiro atoms. The summed E-state index contributed by atoms with van der Waals surface area (Å²) in [4.78, 5) is 16.8. The summed E-state index contributed by atoms with van der Waals surface area (Å²) in [5.74, 6) is 0.800. The number of nitrogens with two attached hydrogens (primary N) is 1. The Morgan fingerprint density at radius 3 is 2.78 bits per heavy atom. The van der Waals surface area contributed by atoms with Crippen molar-refractivity contribution in [2.75, 3.05) is 12.3 Å². The van der Waals surface area contributed by atoms with Gasteiger partial charge < -0.3 is 10.5 Å². The molecule has 23 heavy (non-hydrogen) atoms. The molecule has 0 bridgehead atoms. The van der Waals surface area contributed by atoms with Gasteiger partial charge in [-0.15, -0.1) is 0 Å². The smallest absolute Gasteiger partial charge is 0.343 e. The molecule has 122 valence electrons. The summed E-state index contributed by atoms with van der Waals surface area (Å²) in [7, 11) is 0. The number of carbonyl (C=O) groups excluding carboxylic acids is 1. The zero-order valence-electron chi connectivity index (χ0n) is 13.6. The van der Waals surface area contributed by atoms with E-state index in [1.807, 2.05) is 25.1 Å². The quantitative estimate of drug-likeness (QED) is 0.877. The lowest BCUT2D eigenvalue weighted by Gasteiger charge is -2.08. The molecular formula is C17H22N4O2. The lowest BCUT2D eigenvalue weighted by molar-refractivity contribution is 0.0526. The minimum atomic E-state index is -0.397. The van der Waals surface area contributed by atoms with E-state index in [9.17, 15) is 4.79 Å². The SMILES string of the molecule is CCOC(=O)c1c(C2CCCC2)nn(-c2cccc(C)n2)c1N. The summed E-state index contributed by atoms with van der Waals surface area (Å²) in [6, 6.07) is 5.65. The zero-order chi connectivity index (χ0) is 16.4. The van der Waals surface area contributed by atoms with Crippen molar-refractivity contribution in [1.29, 1.82) is 0 Å². The normalized spacial score (nSPS) is 15.0. The maximum absolute atomic E-state index is 12.4. The van der Waals surface area contributed by atoms with Gasteiger partial charge in [-0.25, -0.2) is 9.78 Å². The van der Waals surface area contributed by atoms with Crippen molar-refractivity contribution in [1.82, 2.24) is 14.8 Å². The van der Waals surface area contributed by atoms with Crippen LogP contribution in [0.1, 0.15) is 60.3 Å². The Morgan fingerprint density at radius 2 is 2.13 bits per heavy atom. The number of esters is 1. The topological polar surface area (TPSA) is 83.0 Å². The Hall–Kier alpha value is -2.37. The third-order valence-corrected chi connectivity index (χ3v) is 4.26. The minimum absolute atomic E-state index is 0.266. The summed E-state index contributed by atoms with van der Waals surface area (Å²) in [6.45, 7) is 4.01. The van der Waals surface area contributed by atoms with Gasteiger partial charge >= 0.3 is 5.97 Å². The average molecular weight is 314 g/mol. The van der Waals surface area contributed by atoms with E-state index in [-0.39, 0.29) is 5.92 Å². The molecular weight excluding hydrogens is 292 g/mol. The van der Waals surface area contributed by atoms with E-state index in [1.54, 1.807) is 11.6 Å². The summed E-state index contributed by atoms with van der Waals surface area (Å²) < 4.78 is 6.75. The van der Waals surface area contributed by atoms with Crippen LogP contribution in [0, 0.1) is 6.92 Å². The number of nitrogen functional groups attached to an aromatic ring is 1. The average Bonchev–Trinajstić information content (AvgIpc) is 3.15. The maximum Gasteiger partial charge on any atom is 0.343 e. The second-order valence-electron chi connectivity index (χ2n) is 5.90. The summed E-state index contributed by atoms with van der Waals surface area (Å²) in [5.41, 5.74) is 8.27. The summed E-state index contributed by atoms with van der Waals surface area (Å²) in [6.07, 6.45) is 4.37. The van der Waals surface area contributed by atoms with Gasteiger partial charge in [0.15, 0.2) is 5.82 Å². The van der Waals surface area contributed by atoms with Gasteiger partial charge in [0, 0.05) is 11.6 Å². The largest absolute Gasteiger partial charge is 0.462 e. The van der Waals surface area contributed by atoms with Crippen LogP contribution in [0.15, 0.2) is 18.2 Å². The van der Waals surface area contributed by atoms with E-state index in [1.165, 1.54) is 0 Å². The first-order valence-corrected chi connectivity index (χ1v) is 8.11. The van der Waals surface area contributed by atoms with Crippen molar-refractivity contribution in [3.8, 4) is 5.82 Å². The van der Waals surface area contributed by atoms with E-state index in [2.05, 4.69) is 10.1 Å². The second-order valence-corrected chi connectivity index (χ2v) is 5.90. The number of hydrogen-bond acceptors (Lipinski definition) is 5. The number of aryl methyl sites for hydroxylation is 1. The first kappa shape index (κ1) is 15.5. The highest BCUT2D eigenvalue weighted by molar-refractivity contribution is 5.96. The number of aromatic nitrogens is 3. The van der Waals surface area contributed by atoms with Crippen LogP contribution in [0.25, 0.3) is 5.82 Å².